The van der Waals surface area contributed by atoms with Gasteiger partial charge in [-0.05, 0) is 28.5 Å². The number of para-hydroxylation sites is 1. The second-order valence-electron chi connectivity index (χ2n) is 6.97. The van der Waals surface area contributed by atoms with Crippen molar-refractivity contribution in [3.63, 3.8) is 0 Å². The molecule has 5 nitrogen and oxygen atoms in total. The van der Waals surface area contributed by atoms with Gasteiger partial charge in [0.1, 0.15) is 10.6 Å². The van der Waals surface area contributed by atoms with Gasteiger partial charge in [-0.3, -0.25) is 4.90 Å². The Bertz CT molecular complexity index is 1070. The zero-order valence-corrected chi connectivity index (χ0v) is 16.7. The lowest BCUT2D eigenvalue weighted by atomic mass is 10.0. The maximum Gasteiger partial charge on any atom is 0.246 e. The highest BCUT2D eigenvalue weighted by Crippen LogP contribution is 2.27. The monoisotopic (exact) mass is 396 g/mol. The van der Waals surface area contributed by atoms with Crippen LogP contribution in [0.4, 0.5) is 0 Å². The molecule has 3 aromatic rings. The minimum atomic E-state index is -3.55. The Morgan fingerprint density at radius 1 is 0.857 bits per heavy atom. The van der Waals surface area contributed by atoms with Gasteiger partial charge in [-0.2, -0.15) is 4.31 Å². The van der Waals surface area contributed by atoms with E-state index in [1.54, 1.807) is 28.6 Å². The van der Waals surface area contributed by atoms with Gasteiger partial charge in [0, 0.05) is 32.7 Å². The van der Waals surface area contributed by atoms with Crippen LogP contribution in [0.2, 0.25) is 0 Å². The van der Waals surface area contributed by atoms with E-state index in [0.717, 1.165) is 6.54 Å². The van der Waals surface area contributed by atoms with Gasteiger partial charge in [0.25, 0.3) is 0 Å². The Kier molecular flexibility index (Phi) is 5.35. The summed E-state index contributed by atoms with van der Waals surface area (Å²) in [6.45, 7) is 3.19. The van der Waals surface area contributed by atoms with E-state index in [2.05, 4.69) is 41.3 Å². The predicted octanol–water partition coefficient (Wildman–Crippen LogP) is 3.35. The number of sulfonamides is 1. The van der Waals surface area contributed by atoms with Crippen molar-refractivity contribution in [1.82, 2.24) is 9.21 Å². The van der Waals surface area contributed by atoms with Crippen molar-refractivity contribution in [2.45, 2.75) is 11.4 Å². The number of hydrogen-bond acceptors (Lipinski definition) is 4. The van der Waals surface area contributed by atoms with Crippen molar-refractivity contribution in [1.29, 1.82) is 0 Å². The SMILES string of the molecule is COc1ccccc1S(=O)(=O)N1CCN(Cc2cccc3ccccc23)CC1. The number of fused-ring (bicyclic) bond motifs is 1. The number of methoxy groups -OCH3 is 1. The zero-order chi connectivity index (χ0) is 19.6. The lowest BCUT2D eigenvalue weighted by Crippen LogP contribution is -2.48. The number of benzene rings is 3. The molecule has 0 bridgehead atoms. The fraction of sp³-hybridized carbons (Fsp3) is 0.273. The summed E-state index contributed by atoms with van der Waals surface area (Å²) in [5.74, 6) is 0.390. The van der Waals surface area contributed by atoms with Crippen LogP contribution in [0.5, 0.6) is 5.75 Å². The molecule has 1 aliphatic heterocycles. The van der Waals surface area contributed by atoms with Gasteiger partial charge >= 0.3 is 0 Å². The maximum absolute atomic E-state index is 13.0. The molecule has 0 spiro atoms. The van der Waals surface area contributed by atoms with Crippen molar-refractivity contribution < 1.29 is 13.2 Å². The van der Waals surface area contributed by atoms with Crippen molar-refractivity contribution in [3.05, 3.63) is 72.3 Å². The highest BCUT2D eigenvalue weighted by molar-refractivity contribution is 7.89. The normalized spacial score (nSPS) is 16.3. The molecule has 1 fully saturated rings. The van der Waals surface area contributed by atoms with Crippen LogP contribution in [-0.4, -0.2) is 50.9 Å². The van der Waals surface area contributed by atoms with E-state index >= 15 is 0 Å². The first-order chi connectivity index (χ1) is 13.6. The average molecular weight is 397 g/mol. The fourth-order valence-electron chi connectivity index (χ4n) is 3.77. The summed E-state index contributed by atoms with van der Waals surface area (Å²) in [4.78, 5) is 2.55. The smallest absolute Gasteiger partial charge is 0.246 e. The number of ether oxygens (including phenoxy) is 1. The molecule has 1 heterocycles. The van der Waals surface area contributed by atoms with Gasteiger partial charge in [-0.1, -0.05) is 54.6 Å². The van der Waals surface area contributed by atoms with Gasteiger partial charge in [0.15, 0.2) is 0 Å². The molecule has 3 aromatic carbocycles. The highest BCUT2D eigenvalue weighted by atomic mass is 32.2. The van der Waals surface area contributed by atoms with Crippen LogP contribution >= 0.6 is 0 Å². The van der Waals surface area contributed by atoms with Gasteiger partial charge in [0.2, 0.25) is 10.0 Å². The predicted molar refractivity (Wildman–Crippen MR) is 111 cm³/mol. The molecule has 28 heavy (non-hydrogen) atoms. The standard InChI is InChI=1S/C22H24N2O3S/c1-27-21-11-4-5-12-22(21)28(25,26)24-15-13-23(14-16-24)17-19-9-6-8-18-7-2-3-10-20(18)19/h2-12H,13-17H2,1H3. The second-order valence-corrected chi connectivity index (χ2v) is 8.88. The lowest BCUT2D eigenvalue weighted by molar-refractivity contribution is 0.182. The Morgan fingerprint density at radius 3 is 2.32 bits per heavy atom. The van der Waals surface area contributed by atoms with E-state index < -0.39 is 10.0 Å². The Balaban J connectivity index is 1.47. The van der Waals surface area contributed by atoms with E-state index in [9.17, 15) is 8.42 Å². The number of rotatable bonds is 5. The molecule has 0 saturated carbocycles. The molecule has 146 valence electrons. The summed E-state index contributed by atoms with van der Waals surface area (Å²) in [5.41, 5.74) is 1.28. The van der Waals surface area contributed by atoms with Crippen molar-refractivity contribution in [3.8, 4) is 5.75 Å². The second kappa shape index (κ2) is 7.91. The van der Waals surface area contributed by atoms with Crippen molar-refractivity contribution in [2.24, 2.45) is 0 Å². The number of hydrogen-bond donors (Lipinski definition) is 0. The Hall–Kier alpha value is -2.41. The lowest BCUT2D eigenvalue weighted by Gasteiger charge is -2.34. The minimum absolute atomic E-state index is 0.236. The molecule has 0 radical (unpaired) electrons. The average Bonchev–Trinajstić information content (AvgIpc) is 2.74. The molecule has 4 rings (SSSR count). The first kappa shape index (κ1) is 18.9. The summed E-state index contributed by atoms with van der Waals surface area (Å²) in [6, 6.07) is 21.5. The quantitative estimate of drug-likeness (QED) is 0.664. The molecule has 1 aliphatic rings. The van der Waals surface area contributed by atoms with E-state index in [1.807, 2.05) is 6.07 Å². The molecule has 0 atom stereocenters. The van der Waals surface area contributed by atoms with Gasteiger partial charge in [-0.25, -0.2) is 8.42 Å². The summed E-state index contributed by atoms with van der Waals surface area (Å²) in [7, 11) is -2.06. The number of piperazine rings is 1. The molecule has 0 N–H and O–H groups in total. The third-order valence-electron chi connectivity index (χ3n) is 5.29. The van der Waals surface area contributed by atoms with Crippen LogP contribution in [0.15, 0.2) is 71.6 Å². The van der Waals surface area contributed by atoms with Gasteiger partial charge in [0.05, 0.1) is 7.11 Å². The summed E-state index contributed by atoms with van der Waals surface area (Å²) in [6.07, 6.45) is 0. The summed E-state index contributed by atoms with van der Waals surface area (Å²) >= 11 is 0. The van der Waals surface area contributed by atoms with Crippen LogP contribution in [0.3, 0.4) is 0 Å². The molecular weight excluding hydrogens is 372 g/mol. The third-order valence-corrected chi connectivity index (χ3v) is 7.23. The van der Waals surface area contributed by atoms with Crippen LogP contribution in [0.25, 0.3) is 10.8 Å². The van der Waals surface area contributed by atoms with E-state index in [1.165, 1.54) is 23.4 Å². The van der Waals surface area contributed by atoms with Crippen LogP contribution < -0.4 is 4.74 Å². The van der Waals surface area contributed by atoms with Crippen molar-refractivity contribution in [2.75, 3.05) is 33.3 Å². The Labute approximate surface area is 166 Å². The maximum atomic E-state index is 13.0. The molecule has 0 aliphatic carbocycles. The topological polar surface area (TPSA) is 49.9 Å². The van der Waals surface area contributed by atoms with Crippen LogP contribution in [0.1, 0.15) is 5.56 Å². The van der Waals surface area contributed by atoms with Crippen LogP contribution in [0, 0.1) is 0 Å². The van der Waals surface area contributed by atoms with E-state index in [-0.39, 0.29) is 4.90 Å². The fourth-order valence-corrected chi connectivity index (χ4v) is 5.35. The highest BCUT2D eigenvalue weighted by Gasteiger charge is 2.30. The zero-order valence-electron chi connectivity index (χ0n) is 15.9. The molecule has 6 heteroatoms. The molecule has 0 aromatic heterocycles. The first-order valence-corrected chi connectivity index (χ1v) is 10.9. The largest absolute Gasteiger partial charge is 0.495 e. The minimum Gasteiger partial charge on any atom is -0.495 e. The summed E-state index contributed by atoms with van der Waals surface area (Å²) in [5, 5.41) is 2.49. The van der Waals surface area contributed by atoms with Gasteiger partial charge < -0.3 is 4.74 Å². The van der Waals surface area contributed by atoms with Crippen LogP contribution in [-0.2, 0) is 16.6 Å². The number of nitrogens with zero attached hydrogens (tertiary/aromatic N) is 2. The van der Waals surface area contributed by atoms with Gasteiger partial charge in [-0.15, -0.1) is 0 Å². The van der Waals surface area contributed by atoms with E-state index in [4.69, 9.17) is 4.74 Å². The summed E-state index contributed by atoms with van der Waals surface area (Å²) < 4.78 is 32.9. The molecule has 1 saturated heterocycles. The Morgan fingerprint density at radius 2 is 1.54 bits per heavy atom. The van der Waals surface area contributed by atoms with Crippen molar-refractivity contribution >= 4 is 20.8 Å². The van der Waals surface area contributed by atoms with E-state index in [0.29, 0.717) is 31.9 Å². The molecule has 0 amide bonds. The molecular formula is C22H24N2O3S. The first-order valence-electron chi connectivity index (χ1n) is 9.42. The third kappa shape index (κ3) is 3.63. The molecule has 0 unspecified atom stereocenters.